The number of nitrogens with two attached hydrogens (primary N) is 1. The molecule has 0 bridgehead atoms. The molecule has 0 aliphatic rings. The maximum atomic E-state index is 13.8. The quantitative estimate of drug-likeness (QED) is 0.601. The fourth-order valence-electron chi connectivity index (χ4n) is 3.04. The van der Waals surface area contributed by atoms with Crippen LogP contribution < -0.4 is 5.73 Å². The molecule has 0 fully saturated rings. The molecule has 32 heavy (non-hydrogen) atoms. The lowest BCUT2D eigenvalue weighted by Crippen LogP contribution is -2.47. The van der Waals surface area contributed by atoms with Crippen molar-refractivity contribution in [3.8, 4) is 0 Å². The molecule has 0 heterocycles. The number of aliphatic hydroxyl groups is 1. The number of alkyl halides is 3. The summed E-state index contributed by atoms with van der Waals surface area (Å²) in [6, 6.07) is 10.5. The summed E-state index contributed by atoms with van der Waals surface area (Å²) in [5, 5.41) is 10.6. The molecule has 0 aliphatic heterocycles. The predicted molar refractivity (Wildman–Crippen MR) is 112 cm³/mol. The molecule has 5 nitrogen and oxygen atoms in total. The zero-order chi connectivity index (χ0) is 24.1. The first kappa shape index (κ1) is 25.6. The molecule has 2 aromatic rings. The molecule has 0 aromatic heterocycles. The second kappa shape index (κ2) is 10.3. The smallest absolute Gasteiger partial charge is 0.416 e. The van der Waals surface area contributed by atoms with Gasteiger partial charge in [-0.1, -0.05) is 30.3 Å². The third-order valence-corrected chi connectivity index (χ3v) is 4.53. The van der Waals surface area contributed by atoms with Gasteiger partial charge in [-0.3, -0.25) is 0 Å². The third-order valence-electron chi connectivity index (χ3n) is 4.53. The van der Waals surface area contributed by atoms with Crippen LogP contribution in [0.3, 0.4) is 0 Å². The van der Waals surface area contributed by atoms with Gasteiger partial charge in [-0.2, -0.15) is 13.2 Å². The van der Waals surface area contributed by atoms with Crippen molar-refractivity contribution < 1.29 is 32.2 Å². The molecular weight excluding hydrogens is 428 g/mol. The van der Waals surface area contributed by atoms with E-state index in [1.807, 2.05) is 30.3 Å². The van der Waals surface area contributed by atoms with E-state index in [9.17, 15) is 27.5 Å². The van der Waals surface area contributed by atoms with E-state index < -0.39 is 47.9 Å². The van der Waals surface area contributed by atoms with E-state index in [1.54, 1.807) is 20.8 Å². The summed E-state index contributed by atoms with van der Waals surface area (Å²) in [5.74, 6) is -1.08. The second-order valence-electron chi connectivity index (χ2n) is 8.63. The fourth-order valence-corrected chi connectivity index (χ4v) is 3.04. The van der Waals surface area contributed by atoms with Crippen LogP contribution in [0.25, 0.3) is 0 Å². The van der Waals surface area contributed by atoms with Gasteiger partial charge in [0.15, 0.2) is 0 Å². The number of benzene rings is 2. The molecule has 0 aliphatic carbocycles. The zero-order valence-electron chi connectivity index (χ0n) is 18.2. The Balaban J connectivity index is 2.23. The van der Waals surface area contributed by atoms with E-state index in [2.05, 4.69) is 0 Å². The lowest BCUT2D eigenvalue weighted by atomic mass is 10.0. The maximum absolute atomic E-state index is 13.8. The molecule has 176 valence electrons. The first-order valence-corrected chi connectivity index (χ1v) is 10.1. The highest BCUT2D eigenvalue weighted by atomic mass is 19.4. The van der Waals surface area contributed by atoms with Gasteiger partial charge in [0.2, 0.25) is 0 Å². The Morgan fingerprint density at radius 3 is 2.28 bits per heavy atom. The van der Waals surface area contributed by atoms with Gasteiger partial charge in [0.25, 0.3) is 0 Å². The number of rotatable bonds is 7. The Morgan fingerprint density at radius 2 is 1.72 bits per heavy atom. The van der Waals surface area contributed by atoms with Gasteiger partial charge in [0.1, 0.15) is 11.4 Å². The van der Waals surface area contributed by atoms with Gasteiger partial charge in [-0.05, 0) is 56.5 Å². The van der Waals surface area contributed by atoms with Crippen molar-refractivity contribution in [1.29, 1.82) is 0 Å². The molecule has 0 saturated carbocycles. The topological polar surface area (TPSA) is 75.8 Å². The van der Waals surface area contributed by atoms with Crippen molar-refractivity contribution in [1.82, 2.24) is 4.90 Å². The van der Waals surface area contributed by atoms with Crippen LogP contribution in [0.4, 0.5) is 22.4 Å². The molecular formula is C23H28F4N2O3. The average molecular weight is 456 g/mol. The van der Waals surface area contributed by atoms with Crippen LogP contribution in [0.5, 0.6) is 0 Å². The molecule has 2 atom stereocenters. The van der Waals surface area contributed by atoms with Gasteiger partial charge < -0.3 is 20.5 Å². The number of carbonyl (C=O) groups excluding carboxylic acids is 1. The van der Waals surface area contributed by atoms with Crippen molar-refractivity contribution in [3.63, 3.8) is 0 Å². The summed E-state index contributed by atoms with van der Waals surface area (Å²) in [5.41, 5.74) is 4.82. The Kier molecular flexibility index (Phi) is 8.25. The fraction of sp³-hybridized carbons (Fsp3) is 0.435. The number of halogens is 4. The molecule has 0 radical (unpaired) electrons. The molecule has 2 aromatic carbocycles. The Hall–Kier alpha value is -2.65. The van der Waals surface area contributed by atoms with Gasteiger partial charge in [0.05, 0.1) is 18.2 Å². The second-order valence-corrected chi connectivity index (χ2v) is 8.63. The lowest BCUT2D eigenvalue weighted by molar-refractivity contribution is -0.137. The van der Waals surface area contributed by atoms with E-state index in [0.29, 0.717) is 12.5 Å². The number of nitrogens with zero attached hydrogens (tertiary/aromatic N) is 1. The number of amides is 1. The molecule has 0 spiro atoms. The number of carbonyl (C=O) groups is 1. The SMILES string of the molecule is CC(C)(C)OC(=O)N(Cc1cc(F)cc(C(F)(F)F)c1)C[C@@H](O)[C@@H](N)Cc1ccccc1. The number of aliphatic hydroxyl groups excluding tert-OH is 1. The number of hydrogen-bond donors (Lipinski definition) is 2. The van der Waals surface area contributed by atoms with E-state index in [-0.39, 0.29) is 12.1 Å². The van der Waals surface area contributed by atoms with Crippen molar-refractivity contribution in [2.75, 3.05) is 6.54 Å². The van der Waals surface area contributed by atoms with Crippen LogP contribution in [0, 0.1) is 5.82 Å². The molecule has 9 heteroatoms. The number of hydrogen-bond acceptors (Lipinski definition) is 4. The first-order valence-electron chi connectivity index (χ1n) is 10.1. The minimum Gasteiger partial charge on any atom is -0.444 e. The summed E-state index contributed by atoms with van der Waals surface area (Å²) >= 11 is 0. The zero-order valence-corrected chi connectivity index (χ0v) is 18.2. The van der Waals surface area contributed by atoms with Gasteiger partial charge in [-0.15, -0.1) is 0 Å². The maximum Gasteiger partial charge on any atom is 0.416 e. The van der Waals surface area contributed by atoms with Gasteiger partial charge in [0, 0.05) is 12.6 Å². The van der Waals surface area contributed by atoms with Gasteiger partial charge in [-0.25, -0.2) is 9.18 Å². The highest BCUT2D eigenvalue weighted by molar-refractivity contribution is 5.68. The monoisotopic (exact) mass is 456 g/mol. The van der Waals surface area contributed by atoms with E-state index in [1.165, 1.54) is 0 Å². The van der Waals surface area contributed by atoms with Crippen molar-refractivity contribution in [2.45, 2.75) is 57.7 Å². The van der Waals surface area contributed by atoms with E-state index in [4.69, 9.17) is 10.5 Å². The van der Waals surface area contributed by atoms with Crippen molar-refractivity contribution >= 4 is 6.09 Å². The summed E-state index contributed by atoms with van der Waals surface area (Å²) in [7, 11) is 0. The van der Waals surface area contributed by atoms with Gasteiger partial charge >= 0.3 is 12.3 Å². The first-order chi connectivity index (χ1) is 14.7. The number of ether oxygens (including phenoxy) is 1. The van der Waals surface area contributed by atoms with E-state index in [0.717, 1.165) is 22.6 Å². The highest BCUT2D eigenvalue weighted by Gasteiger charge is 2.32. The summed E-state index contributed by atoms with van der Waals surface area (Å²) in [6.07, 6.45) is -6.48. The molecule has 3 N–H and O–H groups in total. The Bertz CT molecular complexity index is 898. The standard InChI is InChI=1S/C23H28F4N2O3/c1-22(2,3)32-21(31)29(13-16-9-17(23(25,26)27)12-18(24)10-16)14-20(30)19(28)11-15-7-5-4-6-8-15/h4-10,12,19-20,30H,11,13-14,28H2,1-3H3/t19-,20+/m0/s1. The van der Waals surface area contributed by atoms with Crippen LogP contribution in [0.2, 0.25) is 0 Å². The van der Waals surface area contributed by atoms with Crippen LogP contribution >= 0.6 is 0 Å². The van der Waals surface area contributed by atoms with Crippen LogP contribution in [-0.4, -0.2) is 40.4 Å². The Labute approximate surface area is 184 Å². The third kappa shape index (κ3) is 8.12. The summed E-state index contributed by atoms with van der Waals surface area (Å²) < 4.78 is 58.3. The van der Waals surface area contributed by atoms with Crippen LogP contribution in [-0.2, 0) is 23.9 Å². The predicted octanol–water partition coefficient (Wildman–Crippen LogP) is 4.51. The summed E-state index contributed by atoms with van der Waals surface area (Å²) in [4.78, 5) is 13.7. The van der Waals surface area contributed by atoms with Crippen LogP contribution in [0.15, 0.2) is 48.5 Å². The minimum absolute atomic E-state index is 0.0907. The van der Waals surface area contributed by atoms with Crippen molar-refractivity contribution in [3.05, 3.63) is 71.0 Å². The minimum atomic E-state index is -4.74. The molecule has 1 amide bonds. The Morgan fingerprint density at radius 1 is 1.09 bits per heavy atom. The average Bonchev–Trinajstić information content (AvgIpc) is 2.65. The van der Waals surface area contributed by atoms with Crippen molar-refractivity contribution in [2.24, 2.45) is 5.73 Å². The van der Waals surface area contributed by atoms with E-state index >= 15 is 0 Å². The summed E-state index contributed by atoms with van der Waals surface area (Å²) in [6.45, 7) is 4.19. The largest absolute Gasteiger partial charge is 0.444 e. The van der Waals surface area contributed by atoms with Crippen LogP contribution in [0.1, 0.15) is 37.5 Å². The molecule has 2 rings (SSSR count). The normalized spacial score (nSPS) is 14.0. The lowest BCUT2D eigenvalue weighted by Gasteiger charge is -2.30. The molecule has 0 saturated heterocycles. The molecule has 0 unspecified atom stereocenters. The highest BCUT2D eigenvalue weighted by Crippen LogP contribution is 2.31.